The second-order valence-electron chi connectivity index (χ2n) is 5.99. The van der Waals surface area contributed by atoms with Gasteiger partial charge in [-0.2, -0.15) is 0 Å². The molecule has 0 spiro atoms. The molecule has 0 aromatic heterocycles. The third-order valence-corrected chi connectivity index (χ3v) is 4.37. The van der Waals surface area contributed by atoms with Gasteiger partial charge in [0.1, 0.15) is 11.3 Å². The zero-order valence-electron chi connectivity index (χ0n) is 14.2. The molecule has 0 saturated carbocycles. The minimum absolute atomic E-state index is 0.0255. The van der Waals surface area contributed by atoms with Gasteiger partial charge in [-0.25, -0.2) is 4.79 Å². The molecule has 1 N–H and O–H groups in total. The molecular formula is C20H21NO4. The Bertz CT molecular complexity index is 772. The lowest BCUT2D eigenvalue weighted by Gasteiger charge is -2.26. The van der Waals surface area contributed by atoms with Crippen LogP contribution in [0.2, 0.25) is 0 Å². The maximum Gasteiger partial charge on any atom is 0.342 e. The topological polar surface area (TPSA) is 64.6 Å². The van der Waals surface area contributed by atoms with E-state index in [2.05, 4.69) is 11.4 Å². The fourth-order valence-electron chi connectivity index (χ4n) is 3.16. The predicted octanol–water partition coefficient (Wildman–Crippen LogP) is 3.05. The summed E-state index contributed by atoms with van der Waals surface area (Å²) in [6.45, 7) is -0.310. The van der Waals surface area contributed by atoms with E-state index >= 15 is 0 Å². The van der Waals surface area contributed by atoms with Gasteiger partial charge in [0.05, 0.1) is 13.2 Å². The summed E-state index contributed by atoms with van der Waals surface area (Å²) in [4.78, 5) is 24.3. The van der Waals surface area contributed by atoms with Gasteiger partial charge in [-0.15, -0.1) is 0 Å². The van der Waals surface area contributed by atoms with E-state index in [1.54, 1.807) is 24.3 Å². The van der Waals surface area contributed by atoms with Crippen LogP contribution in [0.15, 0.2) is 48.5 Å². The highest BCUT2D eigenvalue weighted by Crippen LogP contribution is 2.29. The molecule has 0 fully saturated rings. The van der Waals surface area contributed by atoms with Gasteiger partial charge in [0.2, 0.25) is 0 Å². The van der Waals surface area contributed by atoms with Gasteiger partial charge in [0.15, 0.2) is 6.61 Å². The average Bonchev–Trinajstić information content (AvgIpc) is 2.66. The third-order valence-electron chi connectivity index (χ3n) is 4.37. The number of para-hydroxylation sites is 1. The number of fused-ring (bicyclic) bond motifs is 1. The van der Waals surface area contributed by atoms with E-state index in [-0.39, 0.29) is 18.6 Å². The standard InChI is InChI=1S/C20H21NO4/c1-24-18-12-5-4-10-16(18)20(23)25-13-19(22)21-17-11-6-8-14-7-2-3-9-15(14)17/h2-5,7,9-10,12,17H,6,8,11,13H2,1H3,(H,21,22)/t17-/m1/s1. The van der Waals surface area contributed by atoms with Crippen molar-refractivity contribution in [2.24, 2.45) is 0 Å². The SMILES string of the molecule is COc1ccccc1C(=O)OCC(=O)N[C@@H]1CCCc2ccccc21. The van der Waals surface area contributed by atoms with E-state index in [9.17, 15) is 9.59 Å². The predicted molar refractivity (Wildman–Crippen MR) is 93.5 cm³/mol. The molecule has 1 aliphatic carbocycles. The summed E-state index contributed by atoms with van der Waals surface area (Å²) in [5.74, 6) is -0.448. The van der Waals surface area contributed by atoms with Crippen molar-refractivity contribution in [3.8, 4) is 5.75 Å². The van der Waals surface area contributed by atoms with Crippen LogP contribution in [0.5, 0.6) is 5.75 Å². The summed E-state index contributed by atoms with van der Waals surface area (Å²) in [7, 11) is 1.49. The highest BCUT2D eigenvalue weighted by Gasteiger charge is 2.22. The Morgan fingerprint density at radius 1 is 1.12 bits per heavy atom. The van der Waals surface area contributed by atoms with Crippen LogP contribution >= 0.6 is 0 Å². The van der Waals surface area contributed by atoms with Crippen LogP contribution in [0.4, 0.5) is 0 Å². The van der Waals surface area contributed by atoms with Crippen LogP contribution in [0.25, 0.3) is 0 Å². The highest BCUT2D eigenvalue weighted by molar-refractivity contribution is 5.94. The van der Waals surface area contributed by atoms with E-state index in [1.807, 2.05) is 18.2 Å². The number of methoxy groups -OCH3 is 1. The first-order chi connectivity index (χ1) is 12.2. The molecule has 0 bridgehead atoms. The fourth-order valence-corrected chi connectivity index (χ4v) is 3.16. The second-order valence-corrected chi connectivity index (χ2v) is 5.99. The Morgan fingerprint density at radius 2 is 1.88 bits per heavy atom. The minimum atomic E-state index is -0.573. The Kier molecular flexibility index (Phi) is 5.33. The summed E-state index contributed by atoms with van der Waals surface area (Å²) >= 11 is 0. The molecule has 0 radical (unpaired) electrons. The molecule has 1 atom stereocenters. The number of benzene rings is 2. The van der Waals surface area contributed by atoms with E-state index in [0.717, 1.165) is 24.8 Å². The first kappa shape index (κ1) is 17.0. The zero-order chi connectivity index (χ0) is 17.6. The first-order valence-electron chi connectivity index (χ1n) is 8.36. The van der Waals surface area contributed by atoms with Gasteiger partial charge in [0.25, 0.3) is 5.91 Å². The van der Waals surface area contributed by atoms with Crippen molar-refractivity contribution >= 4 is 11.9 Å². The zero-order valence-corrected chi connectivity index (χ0v) is 14.2. The van der Waals surface area contributed by atoms with Gasteiger partial charge in [-0.05, 0) is 42.5 Å². The number of amides is 1. The Hall–Kier alpha value is -2.82. The molecule has 5 nitrogen and oxygen atoms in total. The normalized spacial score (nSPS) is 15.8. The second kappa shape index (κ2) is 7.83. The van der Waals surface area contributed by atoms with E-state index in [1.165, 1.54) is 12.7 Å². The molecule has 5 heteroatoms. The number of nitrogens with one attached hydrogen (secondary N) is 1. The maximum absolute atomic E-state index is 12.2. The van der Waals surface area contributed by atoms with Gasteiger partial charge in [-0.1, -0.05) is 36.4 Å². The number of hydrogen-bond acceptors (Lipinski definition) is 4. The monoisotopic (exact) mass is 339 g/mol. The lowest BCUT2D eigenvalue weighted by atomic mass is 9.88. The van der Waals surface area contributed by atoms with E-state index < -0.39 is 5.97 Å². The molecule has 2 aromatic rings. The number of ether oxygens (including phenoxy) is 2. The minimum Gasteiger partial charge on any atom is -0.496 e. The summed E-state index contributed by atoms with van der Waals surface area (Å²) in [6, 6.07) is 14.9. The number of esters is 1. The molecule has 25 heavy (non-hydrogen) atoms. The van der Waals surface area contributed by atoms with Crippen molar-refractivity contribution in [2.75, 3.05) is 13.7 Å². The van der Waals surface area contributed by atoms with Gasteiger partial charge >= 0.3 is 5.97 Å². The molecule has 2 aromatic carbocycles. The molecule has 130 valence electrons. The van der Waals surface area contributed by atoms with Crippen molar-refractivity contribution in [2.45, 2.75) is 25.3 Å². The van der Waals surface area contributed by atoms with Gasteiger partial charge in [0, 0.05) is 0 Å². The van der Waals surface area contributed by atoms with Crippen LogP contribution in [0.1, 0.15) is 40.4 Å². The molecule has 3 rings (SSSR count). The van der Waals surface area contributed by atoms with Crippen LogP contribution in [0.3, 0.4) is 0 Å². The summed E-state index contributed by atoms with van der Waals surface area (Å²) in [5, 5.41) is 2.96. The van der Waals surface area contributed by atoms with Gasteiger partial charge < -0.3 is 14.8 Å². The molecular weight excluding hydrogens is 318 g/mol. The lowest BCUT2D eigenvalue weighted by Crippen LogP contribution is -2.34. The lowest BCUT2D eigenvalue weighted by molar-refractivity contribution is -0.125. The van der Waals surface area contributed by atoms with Crippen molar-refractivity contribution in [3.63, 3.8) is 0 Å². The Balaban J connectivity index is 1.58. The van der Waals surface area contributed by atoms with Crippen molar-refractivity contribution < 1.29 is 19.1 Å². The van der Waals surface area contributed by atoms with Crippen molar-refractivity contribution in [1.29, 1.82) is 0 Å². The molecule has 1 aliphatic rings. The van der Waals surface area contributed by atoms with Crippen molar-refractivity contribution in [1.82, 2.24) is 5.32 Å². The number of carbonyl (C=O) groups is 2. The van der Waals surface area contributed by atoms with Gasteiger partial charge in [-0.3, -0.25) is 4.79 Å². The molecule has 1 amide bonds. The van der Waals surface area contributed by atoms with E-state index in [4.69, 9.17) is 9.47 Å². The fraction of sp³-hybridized carbons (Fsp3) is 0.300. The van der Waals surface area contributed by atoms with Crippen LogP contribution < -0.4 is 10.1 Å². The maximum atomic E-state index is 12.2. The number of hydrogen-bond donors (Lipinski definition) is 1. The summed E-state index contributed by atoms with van der Waals surface area (Å²) < 4.78 is 10.3. The van der Waals surface area contributed by atoms with Crippen LogP contribution in [0, 0.1) is 0 Å². The van der Waals surface area contributed by atoms with Crippen LogP contribution in [-0.4, -0.2) is 25.6 Å². The molecule has 0 aliphatic heterocycles. The molecule has 0 saturated heterocycles. The smallest absolute Gasteiger partial charge is 0.342 e. The quantitative estimate of drug-likeness (QED) is 0.851. The Morgan fingerprint density at radius 3 is 2.72 bits per heavy atom. The Labute approximate surface area is 147 Å². The van der Waals surface area contributed by atoms with Crippen LogP contribution in [-0.2, 0) is 16.0 Å². The third kappa shape index (κ3) is 3.99. The largest absolute Gasteiger partial charge is 0.496 e. The molecule has 0 heterocycles. The summed E-state index contributed by atoms with van der Waals surface area (Å²) in [5.41, 5.74) is 2.73. The van der Waals surface area contributed by atoms with Crippen molar-refractivity contribution in [3.05, 3.63) is 65.2 Å². The average molecular weight is 339 g/mol. The first-order valence-corrected chi connectivity index (χ1v) is 8.36. The number of rotatable bonds is 5. The number of aryl methyl sites for hydroxylation is 1. The summed E-state index contributed by atoms with van der Waals surface area (Å²) in [6.07, 6.45) is 2.96. The highest BCUT2D eigenvalue weighted by atomic mass is 16.5. The van der Waals surface area contributed by atoms with E-state index in [0.29, 0.717) is 11.3 Å². The molecule has 0 unspecified atom stereocenters. The number of carbonyl (C=O) groups excluding carboxylic acids is 2.